The Balaban J connectivity index is 1.41. The molecule has 4 aromatic carbocycles. The lowest BCUT2D eigenvalue weighted by atomic mass is 10.1. The average Bonchev–Trinajstić information content (AvgIpc) is 3.57. The molecule has 12 heteroatoms. The molecule has 0 bridgehead atoms. The van der Waals surface area contributed by atoms with Crippen molar-refractivity contribution in [3.8, 4) is 0 Å². The van der Waals surface area contributed by atoms with Crippen molar-refractivity contribution in [1.82, 2.24) is 0 Å². The van der Waals surface area contributed by atoms with Gasteiger partial charge >= 0.3 is 0 Å². The van der Waals surface area contributed by atoms with Crippen LogP contribution in [-0.4, -0.2) is 31.0 Å². The molecule has 0 radical (unpaired) electrons. The lowest BCUT2D eigenvalue weighted by Crippen LogP contribution is -2.35. The lowest BCUT2D eigenvalue weighted by molar-refractivity contribution is -0.777. The first-order valence-electron chi connectivity index (χ1n) is 14.6. The first kappa shape index (κ1) is 32.0. The highest BCUT2D eigenvalue weighted by atomic mass is 32.2. The third-order valence-electron chi connectivity index (χ3n) is 7.72. The maximum absolute atomic E-state index is 11.5. The number of thiazole rings is 1. The van der Waals surface area contributed by atoms with E-state index in [0.717, 1.165) is 68.4 Å². The van der Waals surface area contributed by atoms with Crippen molar-refractivity contribution in [3.63, 3.8) is 0 Å². The van der Waals surface area contributed by atoms with Crippen LogP contribution in [0.15, 0.2) is 94.4 Å². The fraction of sp³-hybridized carbons (Fsp3) is 0.242. The van der Waals surface area contributed by atoms with Gasteiger partial charge in [-0.1, -0.05) is 84.6 Å². The van der Waals surface area contributed by atoms with E-state index in [0.29, 0.717) is 12.3 Å². The van der Waals surface area contributed by atoms with Crippen molar-refractivity contribution in [1.29, 1.82) is 0 Å². The monoisotopic (exact) mass is 679 g/mol. The van der Waals surface area contributed by atoms with Gasteiger partial charge in [0.25, 0.3) is 5.01 Å². The van der Waals surface area contributed by atoms with E-state index in [-0.39, 0.29) is 6.42 Å². The summed E-state index contributed by atoms with van der Waals surface area (Å²) in [7, 11) is -4.32. The summed E-state index contributed by atoms with van der Waals surface area (Å²) >= 11 is 4.40. The normalized spacial score (nSPS) is 14.8. The van der Waals surface area contributed by atoms with Gasteiger partial charge in [-0.05, 0) is 53.5 Å². The van der Waals surface area contributed by atoms with Crippen molar-refractivity contribution in [2.45, 2.75) is 37.6 Å². The molecule has 1 aromatic heterocycles. The molecule has 0 atom stereocenters. The third-order valence-corrected chi connectivity index (χ3v) is 11.3. The van der Waals surface area contributed by atoms with Crippen LogP contribution >= 0.6 is 35.1 Å². The summed E-state index contributed by atoms with van der Waals surface area (Å²) in [6.07, 6.45) is 6.21. The van der Waals surface area contributed by atoms with Crippen LogP contribution in [0.2, 0.25) is 0 Å². The number of hydrogen-bond acceptors (Lipinski definition) is 10. The number of anilines is 1. The Labute approximate surface area is 274 Å². The molecule has 6 rings (SSSR count). The Bertz CT molecular complexity index is 2020. The molecule has 5 aromatic rings. The zero-order valence-corrected chi connectivity index (χ0v) is 27.8. The van der Waals surface area contributed by atoms with Crippen LogP contribution in [0.3, 0.4) is 0 Å². The molecule has 1 aliphatic heterocycles. The van der Waals surface area contributed by atoms with Gasteiger partial charge in [0.1, 0.15) is 4.70 Å². The molecule has 0 saturated heterocycles. The molecule has 1 aliphatic rings. The van der Waals surface area contributed by atoms with Crippen molar-refractivity contribution in [2.24, 2.45) is 0 Å². The van der Waals surface area contributed by atoms with E-state index in [1.807, 2.05) is 18.2 Å². The van der Waals surface area contributed by atoms with Gasteiger partial charge in [0.2, 0.25) is 5.52 Å². The smallest absolute Gasteiger partial charge is 0.263 e. The van der Waals surface area contributed by atoms with E-state index in [9.17, 15) is 18.2 Å². The molecule has 0 fully saturated rings. The minimum atomic E-state index is -4.32. The van der Waals surface area contributed by atoms with Gasteiger partial charge in [0.15, 0.2) is 6.54 Å². The molecule has 0 spiro atoms. The summed E-state index contributed by atoms with van der Waals surface area (Å²) in [5, 5.41) is 20.4. The van der Waals surface area contributed by atoms with Crippen molar-refractivity contribution in [3.05, 3.63) is 94.5 Å². The van der Waals surface area contributed by atoms with Crippen LogP contribution in [0.5, 0.6) is 0 Å². The van der Waals surface area contributed by atoms with E-state index in [4.69, 9.17) is 0 Å². The fourth-order valence-electron chi connectivity index (χ4n) is 5.70. The Morgan fingerprint density at radius 1 is 1.00 bits per heavy atom. The first-order chi connectivity index (χ1) is 21.9. The van der Waals surface area contributed by atoms with Crippen molar-refractivity contribution < 1.29 is 32.2 Å². The Hall–Kier alpha value is -2.94. The molecule has 0 N–H and O–H groups in total. The SMILES string of the molecule is CCC(=Cc1sc2ccc3ccccc3c2[n+]1CCCSOO[O-])C=C1Sc2ccc3ccccc3c2N1CCCS(=O)(=O)[O-]. The first-order valence-corrected chi connectivity index (χ1v) is 18.7. The number of rotatable bonds is 13. The van der Waals surface area contributed by atoms with Gasteiger partial charge in [-0.3, -0.25) is 5.04 Å². The second kappa shape index (κ2) is 14.2. The van der Waals surface area contributed by atoms with Gasteiger partial charge in [-0.2, -0.15) is 8.90 Å². The second-order valence-electron chi connectivity index (χ2n) is 10.6. The van der Waals surface area contributed by atoms with E-state index in [1.54, 1.807) is 23.1 Å². The molecular weight excluding hydrogens is 649 g/mol. The lowest BCUT2D eigenvalue weighted by Gasteiger charge is -2.22. The third kappa shape index (κ3) is 7.23. The molecule has 0 saturated carbocycles. The van der Waals surface area contributed by atoms with Crippen LogP contribution in [0.4, 0.5) is 5.69 Å². The maximum Gasteiger partial charge on any atom is 0.263 e. The van der Waals surface area contributed by atoms with Crippen molar-refractivity contribution in [2.75, 3.05) is 23.0 Å². The van der Waals surface area contributed by atoms with E-state index in [2.05, 4.69) is 92.5 Å². The summed E-state index contributed by atoms with van der Waals surface area (Å²) in [5.74, 6) is 0.195. The standard InChI is InChI=1S/C33H32N2O6S4/c1-2-23(21-30-34(17-7-19-42-41-40-36)32-26-11-5-3-9-24(26)13-15-28(32)43-30)22-31-35(18-8-20-45(37,38)39)33-27-12-6-4-10-25(27)14-16-29(33)44-31/h3-6,9-16,21-22H,2,7-8,17-20H2,1H3,(H-,36,37,38,39)/p-1. The molecule has 2 heterocycles. The van der Waals surface area contributed by atoms with E-state index >= 15 is 0 Å². The van der Waals surface area contributed by atoms with Gasteiger partial charge in [-0.25, -0.2) is 8.42 Å². The number of hydrogen-bond donors (Lipinski definition) is 0. The quantitative estimate of drug-likeness (QED) is 0.0327. The summed E-state index contributed by atoms with van der Waals surface area (Å²) in [4.78, 5) is 3.27. The number of aryl methyl sites for hydroxylation is 1. The topological polar surface area (TPSA) is 106 Å². The van der Waals surface area contributed by atoms with Crippen LogP contribution in [0.1, 0.15) is 31.2 Å². The van der Waals surface area contributed by atoms with Crippen LogP contribution < -0.4 is 14.7 Å². The Morgan fingerprint density at radius 3 is 2.49 bits per heavy atom. The molecule has 45 heavy (non-hydrogen) atoms. The average molecular weight is 680 g/mol. The number of thioether (sulfide) groups is 1. The molecule has 0 unspecified atom stereocenters. The summed E-state index contributed by atoms with van der Waals surface area (Å²) in [5.41, 5.74) is 3.35. The number of allylic oxidation sites excluding steroid dienone is 2. The summed E-state index contributed by atoms with van der Waals surface area (Å²) in [6, 6.07) is 25.1. The number of fused-ring (bicyclic) bond motifs is 6. The Kier molecular flexibility index (Phi) is 10.1. The highest BCUT2D eigenvalue weighted by Crippen LogP contribution is 2.50. The number of nitrogens with zero attached hydrogens (tertiary/aromatic N) is 2. The highest BCUT2D eigenvalue weighted by molar-refractivity contribution is 8.03. The van der Waals surface area contributed by atoms with Crippen LogP contribution in [0, 0.1) is 0 Å². The van der Waals surface area contributed by atoms with Crippen LogP contribution in [-0.2, 0) is 26.0 Å². The zero-order chi connectivity index (χ0) is 31.4. The van der Waals surface area contributed by atoms with Gasteiger partial charge < -0.3 is 14.7 Å². The summed E-state index contributed by atoms with van der Waals surface area (Å²) < 4.78 is 42.4. The number of benzene rings is 4. The molecule has 0 aliphatic carbocycles. The molecule has 8 nitrogen and oxygen atoms in total. The van der Waals surface area contributed by atoms with E-state index in [1.165, 1.54) is 21.0 Å². The van der Waals surface area contributed by atoms with Gasteiger partial charge in [0, 0.05) is 52.9 Å². The number of aromatic nitrogens is 1. The minimum absolute atomic E-state index is 0.236. The van der Waals surface area contributed by atoms with E-state index < -0.39 is 15.9 Å². The molecular formula is C33H31N2O6S4-. The molecule has 234 valence electrons. The van der Waals surface area contributed by atoms with Gasteiger partial charge in [-0.15, -0.1) is 0 Å². The predicted octanol–water partition coefficient (Wildman–Crippen LogP) is 6.94. The van der Waals surface area contributed by atoms with Crippen molar-refractivity contribution >= 4 is 88.8 Å². The molecule has 0 amide bonds. The van der Waals surface area contributed by atoms with Gasteiger partial charge in [0.05, 0.1) is 26.2 Å². The zero-order valence-electron chi connectivity index (χ0n) is 24.5. The highest BCUT2D eigenvalue weighted by Gasteiger charge is 2.28. The largest absolute Gasteiger partial charge is 0.748 e. The minimum Gasteiger partial charge on any atom is -0.748 e. The Morgan fingerprint density at radius 2 is 1.73 bits per heavy atom. The fourth-order valence-corrected chi connectivity index (χ4v) is 8.90. The second-order valence-corrected chi connectivity index (χ2v) is 15.0. The predicted molar refractivity (Wildman–Crippen MR) is 181 cm³/mol. The maximum atomic E-state index is 11.5. The van der Waals surface area contributed by atoms with Crippen LogP contribution in [0.25, 0.3) is 37.8 Å². The summed E-state index contributed by atoms with van der Waals surface area (Å²) in [6.45, 7) is 3.27.